The van der Waals surface area contributed by atoms with Crippen LogP contribution in [0, 0.1) is 0 Å². The molecule has 4 N–H and O–H groups in total. The zero-order valence-electron chi connectivity index (χ0n) is 36.5. The van der Waals surface area contributed by atoms with Gasteiger partial charge in [0.05, 0.1) is 19.6 Å². The van der Waals surface area contributed by atoms with Crippen molar-refractivity contribution in [1.82, 2.24) is 36.0 Å². The minimum Gasteiger partial charge on any atom is -0.444 e. The van der Waals surface area contributed by atoms with E-state index in [-0.39, 0.29) is 64.7 Å². The summed E-state index contributed by atoms with van der Waals surface area (Å²) in [5, 5.41) is 10.5. The second kappa shape index (κ2) is 23.3. The van der Waals surface area contributed by atoms with Crippen LogP contribution < -0.4 is 21.3 Å². The number of carbonyl (C=O) groups is 7. The van der Waals surface area contributed by atoms with Crippen molar-refractivity contribution in [3.63, 3.8) is 0 Å². The highest BCUT2D eigenvalue weighted by Gasteiger charge is 2.26. The molecule has 0 unspecified atom stereocenters. The maximum atomic E-state index is 14.0. The number of benzene rings is 1. The lowest BCUT2D eigenvalue weighted by Crippen LogP contribution is -2.51. The largest absolute Gasteiger partial charge is 0.444 e. The number of rotatable bonds is 19. The Morgan fingerprint density at radius 2 is 0.724 bits per heavy atom. The van der Waals surface area contributed by atoms with Crippen molar-refractivity contribution >= 4 is 42.0 Å². The van der Waals surface area contributed by atoms with Crippen molar-refractivity contribution in [2.75, 3.05) is 72.0 Å². The van der Waals surface area contributed by atoms with Crippen LogP contribution in [0.5, 0.6) is 0 Å². The second-order valence-electron chi connectivity index (χ2n) is 17.4. The van der Waals surface area contributed by atoms with E-state index in [1.165, 1.54) is 14.7 Å². The van der Waals surface area contributed by atoms with E-state index in [1.54, 1.807) is 113 Å². The smallest absolute Gasteiger partial charge is 0.407 e. The molecule has 328 valence electrons. The number of Topliss-reactive ketones (excluding diaryl/α,β-unsaturated/α-hetero) is 1. The highest BCUT2D eigenvalue weighted by molar-refractivity contribution is 5.98. The van der Waals surface area contributed by atoms with Gasteiger partial charge in [-0.05, 0) is 83.1 Å². The number of hydrogen-bond acceptors (Lipinski definition) is 12. The molecule has 0 atom stereocenters. The first-order chi connectivity index (χ1) is 26.6. The first-order valence-electron chi connectivity index (χ1n) is 19.4. The molecule has 1 aromatic rings. The number of nitrogens with one attached hydrogen (secondary N) is 4. The lowest BCUT2D eigenvalue weighted by atomic mass is 10.1. The number of nitrogens with zero attached hydrogens (tertiary/aromatic N) is 3. The molecule has 58 heavy (non-hydrogen) atoms. The van der Waals surface area contributed by atoms with Gasteiger partial charge in [-0.3, -0.25) is 19.3 Å². The van der Waals surface area contributed by atoms with Gasteiger partial charge in [0.2, 0.25) is 11.8 Å². The van der Waals surface area contributed by atoms with Crippen LogP contribution in [0.3, 0.4) is 0 Å². The fourth-order valence-corrected chi connectivity index (χ4v) is 4.82. The van der Waals surface area contributed by atoms with E-state index in [9.17, 15) is 33.6 Å². The Bertz CT molecular complexity index is 1360. The van der Waals surface area contributed by atoms with Gasteiger partial charge in [-0.15, -0.1) is 0 Å². The van der Waals surface area contributed by atoms with Gasteiger partial charge in [0, 0.05) is 57.9 Å². The van der Waals surface area contributed by atoms with Crippen LogP contribution in [-0.2, 0) is 28.5 Å². The topological polar surface area (TPSA) is 214 Å². The minimum atomic E-state index is -0.749. The highest BCUT2D eigenvalue weighted by atomic mass is 16.6. The van der Waals surface area contributed by atoms with E-state index >= 15 is 0 Å². The van der Waals surface area contributed by atoms with E-state index in [2.05, 4.69) is 21.3 Å². The van der Waals surface area contributed by atoms with Gasteiger partial charge in [0.15, 0.2) is 5.78 Å². The summed E-state index contributed by atoms with van der Waals surface area (Å²) in [7, 11) is 0. The molecule has 6 amide bonds. The van der Waals surface area contributed by atoms with Crippen molar-refractivity contribution < 1.29 is 52.5 Å². The Balaban J connectivity index is 3.32. The fraction of sp³-hybridized carbons (Fsp3) is 0.675. The predicted octanol–water partition coefficient (Wildman–Crippen LogP) is 3.93. The summed E-state index contributed by atoms with van der Waals surface area (Å²) in [6.45, 7) is 19.5. The van der Waals surface area contributed by atoms with E-state index in [0.717, 1.165) is 0 Å². The summed E-state index contributed by atoms with van der Waals surface area (Å²) in [5.41, 5.74) is -2.63. The van der Waals surface area contributed by atoms with Gasteiger partial charge in [-0.2, -0.15) is 0 Å². The number of ketones is 1. The molecule has 0 aliphatic rings. The lowest BCUT2D eigenvalue weighted by Gasteiger charge is -2.30. The quantitative estimate of drug-likeness (QED) is 0.116. The molecular weight excluding hydrogens is 754 g/mol. The monoisotopic (exact) mass is 821 g/mol. The second-order valence-corrected chi connectivity index (χ2v) is 17.4. The Morgan fingerprint density at radius 1 is 0.448 bits per heavy atom. The first-order valence-corrected chi connectivity index (χ1v) is 19.4. The Hall–Kier alpha value is -5.13. The van der Waals surface area contributed by atoms with E-state index in [0.29, 0.717) is 5.56 Å². The summed E-state index contributed by atoms with van der Waals surface area (Å²) in [6, 6.07) is 8.39. The zero-order valence-corrected chi connectivity index (χ0v) is 36.5. The van der Waals surface area contributed by atoms with Crippen LogP contribution >= 0.6 is 0 Å². The first kappa shape index (κ1) is 50.9. The summed E-state index contributed by atoms with van der Waals surface area (Å²) in [5.74, 6) is -1.36. The van der Waals surface area contributed by atoms with Gasteiger partial charge < -0.3 is 50.0 Å². The SMILES string of the molecule is CC(C)(C)OC(=O)NCCN(CCNC(=O)OC(C)(C)C)C(=O)CN(CC(=O)c1ccccc1)CC(=O)N(CCNC(=O)OC(C)(C)C)CCNC(=O)OC(C)(C)C. The number of hydrogen-bond donors (Lipinski definition) is 4. The molecular formula is C40H67N7O11. The average molecular weight is 822 g/mol. The molecule has 0 bridgehead atoms. The predicted molar refractivity (Wildman–Crippen MR) is 217 cm³/mol. The molecule has 0 radical (unpaired) electrons. The van der Waals surface area contributed by atoms with Gasteiger partial charge >= 0.3 is 24.4 Å². The maximum Gasteiger partial charge on any atom is 0.407 e. The lowest BCUT2D eigenvalue weighted by molar-refractivity contribution is -0.135. The van der Waals surface area contributed by atoms with Gasteiger partial charge in [-0.25, -0.2) is 19.2 Å². The summed E-state index contributed by atoms with van der Waals surface area (Å²) in [4.78, 5) is 95.0. The van der Waals surface area contributed by atoms with Crippen molar-refractivity contribution in [2.45, 2.75) is 105 Å². The van der Waals surface area contributed by atoms with Crippen molar-refractivity contribution in [3.05, 3.63) is 35.9 Å². The molecule has 18 heteroatoms. The number of carbonyl (C=O) groups excluding carboxylic acids is 7. The van der Waals surface area contributed by atoms with Crippen LogP contribution in [0.2, 0.25) is 0 Å². The number of amides is 6. The Labute approximate surface area is 343 Å². The van der Waals surface area contributed by atoms with Crippen LogP contribution in [0.25, 0.3) is 0 Å². The summed E-state index contributed by atoms with van der Waals surface area (Å²) >= 11 is 0. The van der Waals surface area contributed by atoms with E-state index < -0.39 is 71.7 Å². The molecule has 0 saturated carbocycles. The van der Waals surface area contributed by atoms with Gasteiger partial charge in [0.1, 0.15) is 22.4 Å². The molecule has 18 nitrogen and oxygen atoms in total. The molecule has 1 rings (SSSR count). The summed E-state index contributed by atoms with van der Waals surface area (Å²) < 4.78 is 21.2. The van der Waals surface area contributed by atoms with Crippen LogP contribution in [0.1, 0.15) is 93.4 Å². The van der Waals surface area contributed by atoms with Crippen molar-refractivity contribution in [1.29, 1.82) is 0 Å². The molecule has 1 aromatic carbocycles. The molecule has 0 heterocycles. The standard InChI is InChI=1S/C40H67N7O11/c1-37(2,3)55-33(51)41-18-22-46(23-19-42-34(52)56-38(4,5)6)31(49)27-45(26-30(48)29-16-14-13-15-17-29)28-32(50)47(24-20-43-35(53)57-39(7,8)9)25-21-44-36(54)58-40(10,11)12/h13-17H,18-28H2,1-12H3,(H,41,51)(H,42,52)(H,43,53)(H,44,54). The summed E-state index contributed by atoms with van der Waals surface area (Å²) in [6.07, 6.45) is -2.74. The van der Waals surface area contributed by atoms with Crippen LogP contribution in [0.15, 0.2) is 30.3 Å². The highest BCUT2D eigenvalue weighted by Crippen LogP contribution is 2.10. The molecule has 0 fully saturated rings. The van der Waals surface area contributed by atoms with Gasteiger partial charge in [-0.1, -0.05) is 30.3 Å². The Kier molecular flexibility index (Phi) is 20.5. The normalized spacial score (nSPS) is 11.8. The minimum absolute atomic E-state index is 0.00128. The zero-order chi connectivity index (χ0) is 44.3. The number of ether oxygens (including phenoxy) is 4. The fourth-order valence-electron chi connectivity index (χ4n) is 4.82. The molecule has 0 aliphatic carbocycles. The third-order valence-corrected chi connectivity index (χ3v) is 7.09. The van der Waals surface area contributed by atoms with Crippen molar-refractivity contribution in [3.8, 4) is 0 Å². The van der Waals surface area contributed by atoms with Crippen LogP contribution in [0.4, 0.5) is 19.2 Å². The average Bonchev–Trinajstić information content (AvgIpc) is 3.03. The maximum absolute atomic E-state index is 14.0. The third kappa shape index (κ3) is 25.2. The molecule has 0 aliphatic heterocycles. The Morgan fingerprint density at radius 3 is 0.983 bits per heavy atom. The van der Waals surface area contributed by atoms with Gasteiger partial charge in [0.25, 0.3) is 0 Å². The molecule has 0 spiro atoms. The molecule has 0 aromatic heterocycles. The van der Waals surface area contributed by atoms with Crippen molar-refractivity contribution in [2.24, 2.45) is 0 Å². The van der Waals surface area contributed by atoms with Crippen LogP contribution in [-0.4, -0.2) is 151 Å². The molecule has 0 saturated heterocycles. The number of alkyl carbamates (subject to hydrolysis) is 4. The van der Waals surface area contributed by atoms with E-state index in [1.807, 2.05) is 0 Å². The van der Waals surface area contributed by atoms with E-state index in [4.69, 9.17) is 18.9 Å². The third-order valence-electron chi connectivity index (χ3n) is 7.09.